The molecule has 1 saturated heterocycles. The van der Waals surface area contributed by atoms with Crippen LogP contribution in [0.5, 0.6) is 0 Å². The minimum Gasteiger partial charge on any atom is -0.598 e. The number of nitrogens with zero attached hydrogens (tertiary/aromatic N) is 4. The number of primary amides is 1. The van der Waals surface area contributed by atoms with E-state index < -0.39 is 17.3 Å². The SMILES string of the molecule is CC(C)(C)[S+]([O-])N[C@@H]1c2ncsc2CC12CCN(c1ncc(Br)nc1C(N)=O)CC2. The first-order valence-corrected chi connectivity index (χ1v) is 12.6. The van der Waals surface area contributed by atoms with E-state index in [1.165, 1.54) is 4.88 Å². The molecule has 162 valence electrons. The molecule has 1 amide bonds. The van der Waals surface area contributed by atoms with E-state index in [0.29, 0.717) is 23.5 Å². The Hall–Kier alpha value is -1.27. The van der Waals surface area contributed by atoms with E-state index in [-0.39, 0.29) is 21.9 Å². The third-order valence-corrected chi connectivity index (χ3v) is 8.66. The molecule has 4 rings (SSSR count). The summed E-state index contributed by atoms with van der Waals surface area (Å²) in [5, 5.41) is 0. The molecule has 8 nitrogen and oxygen atoms in total. The number of thiazole rings is 1. The van der Waals surface area contributed by atoms with Crippen molar-refractivity contribution in [1.29, 1.82) is 0 Å². The van der Waals surface area contributed by atoms with E-state index in [1.807, 2.05) is 26.3 Å². The smallest absolute Gasteiger partial charge is 0.271 e. The Balaban J connectivity index is 1.57. The zero-order chi connectivity index (χ0) is 21.7. The number of hydrogen-bond donors (Lipinski definition) is 2. The Morgan fingerprint density at radius 3 is 2.73 bits per heavy atom. The largest absolute Gasteiger partial charge is 0.598 e. The summed E-state index contributed by atoms with van der Waals surface area (Å²) < 4.78 is 16.4. The third kappa shape index (κ3) is 3.97. The van der Waals surface area contributed by atoms with Crippen LogP contribution >= 0.6 is 27.3 Å². The molecule has 1 unspecified atom stereocenters. The summed E-state index contributed by atoms with van der Waals surface area (Å²) in [6.45, 7) is 7.34. The molecule has 0 radical (unpaired) electrons. The van der Waals surface area contributed by atoms with Crippen molar-refractivity contribution in [2.45, 2.75) is 50.8 Å². The maximum Gasteiger partial charge on any atom is 0.271 e. The molecule has 30 heavy (non-hydrogen) atoms. The lowest BCUT2D eigenvalue weighted by Crippen LogP contribution is -2.50. The van der Waals surface area contributed by atoms with Crippen molar-refractivity contribution in [2.24, 2.45) is 11.1 Å². The minimum absolute atomic E-state index is 0.0485. The van der Waals surface area contributed by atoms with Crippen molar-refractivity contribution in [3.8, 4) is 0 Å². The van der Waals surface area contributed by atoms with Crippen molar-refractivity contribution >= 4 is 50.4 Å². The Labute approximate surface area is 191 Å². The van der Waals surface area contributed by atoms with Crippen molar-refractivity contribution in [3.63, 3.8) is 0 Å². The summed E-state index contributed by atoms with van der Waals surface area (Å²) in [4.78, 5) is 28.4. The zero-order valence-electron chi connectivity index (χ0n) is 17.1. The van der Waals surface area contributed by atoms with Crippen LogP contribution in [0.1, 0.15) is 60.7 Å². The molecule has 2 atom stereocenters. The van der Waals surface area contributed by atoms with Crippen molar-refractivity contribution in [1.82, 2.24) is 19.7 Å². The second-order valence-electron chi connectivity index (χ2n) is 8.85. The second-order valence-corrected chi connectivity index (χ2v) is 12.6. The molecule has 11 heteroatoms. The van der Waals surface area contributed by atoms with Gasteiger partial charge in [0.2, 0.25) is 0 Å². The Morgan fingerprint density at radius 2 is 2.10 bits per heavy atom. The summed E-state index contributed by atoms with van der Waals surface area (Å²) in [7, 11) is 0. The predicted octanol–water partition coefficient (Wildman–Crippen LogP) is 2.73. The van der Waals surface area contributed by atoms with Gasteiger partial charge < -0.3 is 15.2 Å². The summed E-state index contributed by atoms with van der Waals surface area (Å²) >= 11 is 3.73. The van der Waals surface area contributed by atoms with Crippen LogP contribution in [0.25, 0.3) is 0 Å². The summed E-state index contributed by atoms with van der Waals surface area (Å²) in [5.41, 5.74) is 8.56. The first-order valence-electron chi connectivity index (χ1n) is 9.78. The van der Waals surface area contributed by atoms with E-state index in [1.54, 1.807) is 17.5 Å². The highest BCUT2D eigenvalue weighted by Gasteiger charge is 2.52. The van der Waals surface area contributed by atoms with E-state index >= 15 is 0 Å². The van der Waals surface area contributed by atoms with E-state index in [9.17, 15) is 9.35 Å². The number of rotatable bonds is 4. The number of nitrogens with two attached hydrogens (primary N) is 1. The number of carbonyl (C=O) groups is 1. The normalized spacial score (nSPS) is 21.6. The van der Waals surface area contributed by atoms with Gasteiger partial charge in [-0.3, -0.25) is 4.79 Å². The lowest BCUT2D eigenvalue weighted by molar-refractivity contribution is 0.0995. The summed E-state index contributed by atoms with van der Waals surface area (Å²) in [6.07, 6.45) is 4.24. The maximum absolute atomic E-state index is 12.9. The minimum atomic E-state index is -1.19. The van der Waals surface area contributed by atoms with Gasteiger partial charge in [0.25, 0.3) is 5.91 Å². The van der Waals surface area contributed by atoms with Crippen LogP contribution in [0.4, 0.5) is 5.82 Å². The lowest BCUT2D eigenvalue weighted by Gasteiger charge is -2.44. The van der Waals surface area contributed by atoms with E-state index in [2.05, 4.69) is 40.5 Å². The Bertz CT molecular complexity index is 955. The first-order chi connectivity index (χ1) is 14.1. The average molecular weight is 513 g/mol. The van der Waals surface area contributed by atoms with Gasteiger partial charge in [-0.25, -0.2) is 15.0 Å². The van der Waals surface area contributed by atoms with Gasteiger partial charge in [-0.05, 0) is 56.0 Å². The molecular formula is C19H25BrN6O2S2. The van der Waals surface area contributed by atoms with Crippen molar-refractivity contribution in [2.75, 3.05) is 18.0 Å². The molecule has 3 heterocycles. The molecule has 3 N–H and O–H groups in total. The van der Waals surface area contributed by atoms with Crippen LogP contribution in [0.15, 0.2) is 16.3 Å². The van der Waals surface area contributed by atoms with Crippen LogP contribution < -0.4 is 15.4 Å². The number of anilines is 1. The second kappa shape index (κ2) is 8.01. The van der Waals surface area contributed by atoms with Crippen LogP contribution in [-0.4, -0.2) is 43.2 Å². The first kappa shape index (κ1) is 21.9. The highest BCUT2D eigenvalue weighted by Crippen LogP contribution is 2.53. The molecule has 0 aromatic carbocycles. The Kier molecular flexibility index (Phi) is 5.86. The monoisotopic (exact) mass is 512 g/mol. The average Bonchev–Trinajstić information content (AvgIpc) is 3.22. The fourth-order valence-corrected chi connectivity index (χ4v) is 6.38. The highest BCUT2D eigenvalue weighted by atomic mass is 79.9. The number of hydrogen-bond acceptors (Lipinski definition) is 8. The van der Waals surface area contributed by atoms with Crippen molar-refractivity contribution < 1.29 is 9.35 Å². The standard InChI is InChI=1S/C19H25BrN6O2S2/c1-18(2,3)30(28)25-15-13-11(29-10-23-13)8-19(15)4-6-26(7-5-19)17-14(16(21)27)24-12(20)9-22-17/h9-10,15,25H,4-8H2,1-3H3,(H2,21,27)/t15-,30?/m1/s1. The van der Waals surface area contributed by atoms with Crippen LogP contribution in [0, 0.1) is 5.41 Å². The van der Waals surface area contributed by atoms with Crippen molar-refractivity contribution in [3.05, 3.63) is 32.6 Å². The summed E-state index contributed by atoms with van der Waals surface area (Å²) in [5.74, 6) is -0.0688. The van der Waals surface area contributed by atoms with E-state index in [0.717, 1.165) is 25.0 Å². The molecule has 1 spiro atoms. The van der Waals surface area contributed by atoms with E-state index in [4.69, 9.17) is 5.73 Å². The number of aromatic nitrogens is 3. The highest BCUT2D eigenvalue weighted by molar-refractivity contribution is 9.10. The van der Waals surface area contributed by atoms with Crippen LogP contribution in [0.2, 0.25) is 0 Å². The maximum atomic E-state index is 12.9. The van der Waals surface area contributed by atoms with Gasteiger partial charge in [-0.2, -0.15) is 0 Å². The molecule has 1 fully saturated rings. The molecule has 1 aliphatic carbocycles. The number of nitrogens with one attached hydrogen (secondary N) is 1. The van der Waals surface area contributed by atoms with Gasteiger partial charge in [-0.1, -0.05) is 0 Å². The van der Waals surface area contributed by atoms with Gasteiger partial charge in [-0.15, -0.1) is 16.1 Å². The predicted molar refractivity (Wildman–Crippen MR) is 122 cm³/mol. The van der Waals surface area contributed by atoms with Crippen LogP contribution in [0.3, 0.4) is 0 Å². The number of halogens is 1. The number of amides is 1. The molecular weight excluding hydrogens is 488 g/mol. The van der Waals surface area contributed by atoms with Gasteiger partial charge in [0.05, 0.1) is 17.4 Å². The lowest BCUT2D eigenvalue weighted by atomic mass is 9.73. The fourth-order valence-electron chi connectivity index (χ4n) is 4.21. The number of fused-ring (bicyclic) bond motifs is 1. The molecule has 1 aliphatic heterocycles. The number of carbonyl (C=O) groups excluding carboxylic acids is 1. The summed E-state index contributed by atoms with van der Waals surface area (Å²) in [6, 6.07) is -0.0485. The van der Waals surface area contributed by atoms with Crippen LogP contribution in [-0.2, 0) is 17.8 Å². The zero-order valence-corrected chi connectivity index (χ0v) is 20.4. The van der Waals surface area contributed by atoms with Gasteiger partial charge in [0, 0.05) is 34.7 Å². The quantitative estimate of drug-likeness (QED) is 0.604. The number of piperidine rings is 1. The van der Waals surface area contributed by atoms with Gasteiger partial charge in [0.1, 0.15) is 15.4 Å². The molecule has 2 aromatic heterocycles. The fraction of sp³-hybridized carbons (Fsp3) is 0.579. The topological polar surface area (TPSA) is 120 Å². The molecule has 2 aromatic rings. The third-order valence-electron chi connectivity index (χ3n) is 5.87. The molecule has 0 saturated carbocycles. The molecule has 2 aliphatic rings. The van der Waals surface area contributed by atoms with Gasteiger partial charge in [0.15, 0.2) is 11.5 Å². The van der Waals surface area contributed by atoms with Gasteiger partial charge >= 0.3 is 0 Å². The Morgan fingerprint density at radius 1 is 1.40 bits per heavy atom. The molecule has 0 bridgehead atoms.